The highest BCUT2D eigenvalue weighted by molar-refractivity contribution is 6.51. The molecule has 170 valence electrons. The summed E-state index contributed by atoms with van der Waals surface area (Å²) in [7, 11) is 0. The Morgan fingerprint density at radius 3 is 2.66 bits per heavy atom. The molecule has 1 aliphatic heterocycles. The fourth-order valence-corrected chi connectivity index (χ4v) is 5.90. The van der Waals surface area contributed by atoms with Crippen LogP contribution in [0.2, 0.25) is 0 Å². The van der Waals surface area contributed by atoms with Crippen molar-refractivity contribution in [1.82, 2.24) is 25.0 Å². The van der Waals surface area contributed by atoms with Gasteiger partial charge in [-0.1, -0.05) is 13.8 Å². The predicted molar refractivity (Wildman–Crippen MR) is 118 cm³/mol. The summed E-state index contributed by atoms with van der Waals surface area (Å²) in [6.07, 6.45) is 4.61. The van der Waals surface area contributed by atoms with Crippen LogP contribution in [0, 0.1) is 17.3 Å². The Morgan fingerprint density at radius 1 is 1.28 bits per heavy atom. The molecule has 5 rings (SSSR count). The Morgan fingerprint density at radius 2 is 2.00 bits per heavy atom. The molecule has 11 heteroatoms. The summed E-state index contributed by atoms with van der Waals surface area (Å²) < 4.78 is 0.568. The van der Waals surface area contributed by atoms with Crippen molar-refractivity contribution in [2.75, 3.05) is 6.54 Å². The third kappa shape index (κ3) is 3.16. The van der Waals surface area contributed by atoms with Gasteiger partial charge in [-0.3, -0.25) is 24.0 Å². The van der Waals surface area contributed by atoms with Gasteiger partial charge in [0.1, 0.15) is 16.9 Å². The molecule has 3 aliphatic rings. The SMILES string of the molecule is CC1(C)[C@@H](CNC(=O)[C@@H]2C[C@H]3C[C@H]3N2C(=O)Cn2nc(C(N)=O)c3ccncc32)C1(Cl)Cl. The fraction of sp³-hybridized carbons (Fsp3) is 0.571. The van der Waals surface area contributed by atoms with Gasteiger partial charge in [0.25, 0.3) is 5.91 Å². The van der Waals surface area contributed by atoms with Crippen LogP contribution in [0.15, 0.2) is 18.5 Å². The molecule has 2 saturated carbocycles. The van der Waals surface area contributed by atoms with Crippen LogP contribution in [0.4, 0.5) is 0 Å². The molecule has 4 atom stereocenters. The molecule has 3 amide bonds. The normalized spacial score (nSPS) is 28.9. The monoisotopic (exact) mass is 478 g/mol. The van der Waals surface area contributed by atoms with Crippen molar-refractivity contribution < 1.29 is 14.4 Å². The quantitative estimate of drug-likeness (QED) is 0.608. The van der Waals surface area contributed by atoms with E-state index in [1.54, 1.807) is 11.0 Å². The number of primary amides is 1. The zero-order valence-corrected chi connectivity index (χ0v) is 19.2. The molecule has 3 N–H and O–H groups in total. The predicted octanol–water partition coefficient (Wildman–Crippen LogP) is 1.47. The molecule has 0 unspecified atom stereocenters. The molecule has 0 radical (unpaired) electrons. The van der Waals surface area contributed by atoms with Crippen LogP contribution in [0.25, 0.3) is 10.9 Å². The van der Waals surface area contributed by atoms with Crippen molar-refractivity contribution in [1.29, 1.82) is 0 Å². The van der Waals surface area contributed by atoms with Crippen molar-refractivity contribution in [2.45, 2.75) is 49.7 Å². The van der Waals surface area contributed by atoms with Gasteiger partial charge in [0.2, 0.25) is 11.8 Å². The van der Waals surface area contributed by atoms with Gasteiger partial charge in [-0.25, -0.2) is 0 Å². The molecule has 3 fully saturated rings. The van der Waals surface area contributed by atoms with E-state index in [0.29, 0.717) is 29.8 Å². The second-order valence-corrected chi connectivity index (χ2v) is 10.9. The average Bonchev–Trinajstić information content (AvgIpc) is 3.39. The van der Waals surface area contributed by atoms with Crippen LogP contribution in [0.5, 0.6) is 0 Å². The van der Waals surface area contributed by atoms with Gasteiger partial charge < -0.3 is 16.0 Å². The van der Waals surface area contributed by atoms with Crippen molar-refractivity contribution in [2.24, 2.45) is 23.0 Å². The zero-order valence-electron chi connectivity index (χ0n) is 17.7. The van der Waals surface area contributed by atoms with Gasteiger partial charge in [0.15, 0.2) is 5.69 Å². The molecule has 0 bridgehead atoms. The Balaban J connectivity index is 1.31. The number of nitrogens with one attached hydrogen (secondary N) is 1. The zero-order chi connectivity index (χ0) is 23.0. The average molecular weight is 479 g/mol. The number of piperidine rings is 1. The summed E-state index contributed by atoms with van der Waals surface area (Å²) in [6.45, 7) is 4.19. The third-order valence-electron chi connectivity index (χ3n) is 7.33. The molecule has 3 heterocycles. The van der Waals surface area contributed by atoms with Crippen molar-refractivity contribution in [3.05, 3.63) is 24.2 Å². The number of hydrogen-bond donors (Lipinski definition) is 2. The Hall–Kier alpha value is -2.39. The summed E-state index contributed by atoms with van der Waals surface area (Å²) in [6, 6.07) is 1.16. The highest BCUT2D eigenvalue weighted by atomic mass is 35.5. The topological polar surface area (TPSA) is 123 Å². The van der Waals surface area contributed by atoms with E-state index in [-0.39, 0.29) is 41.4 Å². The Bertz CT molecular complexity index is 1130. The Kier molecular flexibility index (Phi) is 4.73. The number of nitrogens with zero attached hydrogens (tertiary/aromatic N) is 4. The first-order valence-electron chi connectivity index (χ1n) is 10.6. The number of nitrogens with two attached hydrogens (primary N) is 1. The van der Waals surface area contributed by atoms with E-state index in [9.17, 15) is 14.4 Å². The number of halogens is 2. The molecular weight excluding hydrogens is 455 g/mol. The minimum absolute atomic E-state index is 0.0440. The molecule has 1 saturated heterocycles. The van der Waals surface area contributed by atoms with Crippen LogP contribution in [-0.4, -0.2) is 60.3 Å². The maximum Gasteiger partial charge on any atom is 0.269 e. The lowest BCUT2D eigenvalue weighted by Crippen LogP contribution is -2.49. The number of rotatable bonds is 6. The van der Waals surface area contributed by atoms with Crippen molar-refractivity contribution >= 4 is 51.8 Å². The van der Waals surface area contributed by atoms with E-state index in [1.165, 1.54) is 17.1 Å². The molecule has 32 heavy (non-hydrogen) atoms. The minimum Gasteiger partial charge on any atom is -0.364 e. The van der Waals surface area contributed by atoms with Crippen molar-refractivity contribution in [3.63, 3.8) is 0 Å². The molecule has 2 aromatic rings. The van der Waals surface area contributed by atoms with E-state index < -0.39 is 16.3 Å². The van der Waals surface area contributed by atoms with Gasteiger partial charge in [0.05, 0.1) is 11.7 Å². The van der Waals surface area contributed by atoms with E-state index in [4.69, 9.17) is 28.9 Å². The Labute approximate surface area is 194 Å². The first-order valence-corrected chi connectivity index (χ1v) is 11.4. The lowest BCUT2D eigenvalue weighted by atomic mass is 10.1. The maximum absolute atomic E-state index is 13.3. The van der Waals surface area contributed by atoms with Gasteiger partial charge in [-0.05, 0) is 24.8 Å². The van der Waals surface area contributed by atoms with Crippen molar-refractivity contribution in [3.8, 4) is 0 Å². The highest BCUT2D eigenvalue weighted by Crippen LogP contribution is 2.68. The van der Waals surface area contributed by atoms with Gasteiger partial charge in [-0.15, -0.1) is 23.2 Å². The molecule has 0 aromatic carbocycles. The van der Waals surface area contributed by atoms with E-state index in [2.05, 4.69) is 15.4 Å². The summed E-state index contributed by atoms with van der Waals surface area (Å²) >= 11 is 12.6. The number of hydrogen-bond acceptors (Lipinski definition) is 5. The van der Waals surface area contributed by atoms with E-state index in [1.807, 2.05) is 13.8 Å². The molecule has 2 aromatic heterocycles. The number of aromatic nitrogens is 3. The van der Waals surface area contributed by atoms with E-state index in [0.717, 1.165) is 6.42 Å². The number of alkyl halides is 2. The number of likely N-dealkylation sites (tertiary alicyclic amines) is 1. The maximum atomic E-state index is 13.3. The van der Waals surface area contributed by atoms with Crippen LogP contribution >= 0.6 is 23.2 Å². The first kappa shape index (κ1) is 21.5. The molecule has 2 aliphatic carbocycles. The standard InChI is InChI=1S/C21H24Cl2N6O3/c1-20(2)15(21(20,22)23)8-26-19(32)13-6-10-5-12(10)29(13)16(30)9-28-14-7-25-4-3-11(14)17(27-28)18(24)31/h3-4,7,10,12-13,15H,5-6,8-9H2,1-2H3,(H2,24,31)(H,26,32)/t10-,12-,13+,15-/m1/s1. The van der Waals surface area contributed by atoms with Crippen LogP contribution in [0.3, 0.4) is 0 Å². The largest absolute Gasteiger partial charge is 0.364 e. The number of carbonyl (C=O) groups is 3. The summed E-state index contributed by atoms with van der Waals surface area (Å²) in [5.41, 5.74) is 5.79. The third-order valence-corrected chi connectivity index (χ3v) is 8.83. The fourth-order valence-electron chi connectivity index (χ4n) is 5.04. The smallest absolute Gasteiger partial charge is 0.269 e. The number of amides is 3. The van der Waals surface area contributed by atoms with Gasteiger partial charge in [-0.2, -0.15) is 5.10 Å². The lowest BCUT2D eigenvalue weighted by Gasteiger charge is -2.27. The molecule has 9 nitrogen and oxygen atoms in total. The van der Waals surface area contributed by atoms with E-state index >= 15 is 0 Å². The summed E-state index contributed by atoms with van der Waals surface area (Å²) in [4.78, 5) is 43.7. The van der Waals surface area contributed by atoms with Gasteiger partial charge >= 0.3 is 0 Å². The second-order valence-electron chi connectivity index (χ2n) is 9.52. The number of carbonyl (C=O) groups excluding carboxylic acids is 3. The van der Waals surface area contributed by atoms with Crippen LogP contribution < -0.4 is 11.1 Å². The summed E-state index contributed by atoms with van der Waals surface area (Å²) in [5.74, 6) is -0.801. The first-order chi connectivity index (χ1) is 15.0. The minimum atomic E-state index is -0.860. The molecular formula is C21H24Cl2N6O3. The highest BCUT2D eigenvalue weighted by Gasteiger charge is 2.69. The number of fused-ring (bicyclic) bond motifs is 2. The molecule has 0 spiro atoms. The van der Waals surface area contributed by atoms with Crippen LogP contribution in [-0.2, 0) is 16.1 Å². The summed E-state index contributed by atoms with van der Waals surface area (Å²) in [5, 5.41) is 7.71. The van der Waals surface area contributed by atoms with Gasteiger partial charge in [0, 0.05) is 35.5 Å². The second kappa shape index (κ2) is 7.05. The number of pyridine rings is 1. The lowest BCUT2D eigenvalue weighted by molar-refractivity contribution is -0.140. The van der Waals surface area contributed by atoms with Crippen LogP contribution in [0.1, 0.15) is 37.2 Å².